The van der Waals surface area contributed by atoms with Gasteiger partial charge in [0.15, 0.2) is 0 Å². The van der Waals surface area contributed by atoms with Gasteiger partial charge in [-0.25, -0.2) is 4.79 Å². The summed E-state index contributed by atoms with van der Waals surface area (Å²) in [6.07, 6.45) is 4.88. The van der Waals surface area contributed by atoms with Crippen LogP contribution in [0.5, 0.6) is 0 Å². The molecule has 1 unspecified atom stereocenters. The lowest BCUT2D eigenvalue weighted by molar-refractivity contribution is -0.0320. The van der Waals surface area contributed by atoms with Crippen LogP contribution in [0.1, 0.15) is 59.8 Å². The number of unbranched alkanes of at least 4 members (excludes halogenated alkanes) is 1. The van der Waals surface area contributed by atoms with Crippen molar-refractivity contribution < 1.29 is 14.3 Å². The molecule has 0 aromatic heterocycles. The Kier molecular flexibility index (Phi) is 6.51. The maximum Gasteiger partial charge on any atom is 0.508 e. The van der Waals surface area contributed by atoms with Crippen molar-refractivity contribution in [2.24, 2.45) is 17.8 Å². The smallest absolute Gasteiger partial charge is 0.434 e. The van der Waals surface area contributed by atoms with Gasteiger partial charge in [0.1, 0.15) is 6.10 Å². The highest BCUT2D eigenvalue weighted by Gasteiger charge is 2.33. The summed E-state index contributed by atoms with van der Waals surface area (Å²) in [6.45, 7) is 9.20. The largest absolute Gasteiger partial charge is 0.508 e. The Balaban J connectivity index is 2.42. The van der Waals surface area contributed by atoms with Gasteiger partial charge in [-0.2, -0.15) is 0 Å². The fraction of sp³-hybridized carbons (Fsp3) is 0.933. The third-order valence-electron chi connectivity index (χ3n) is 3.93. The Morgan fingerprint density at radius 3 is 2.67 bits per heavy atom. The van der Waals surface area contributed by atoms with E-state index in [4.69, 9.17) is 9.47 Å². The molecule has 1 fully saturated rings. The number of carbonyl (C=O) groups is 1. The predicted octanol–water partition coefficient (Wildman–Crippen LogP) is 4.40. The lowest BCUT2D eigenvalue weighted by Crippen LogP contribution is -2.36. The van der Waals surface area contributed by atoms with Gasteiger partial charge in [0.2, 0.25) is 0 Å². The fourth-order valence-corrected chi connectivity index (χ4v) is 2.71. The lowest BCUT2D eigenvalue weighted by atomic mass is 9.75. The molecule has 0 N–H and O–H groups in total. The molecule has 106 valence electrons. The van der Waals surface area contributed by atoms with Crippen LogP contribution in [0, 0.1) is 17.8 Å². The van der Waals surface area contributed by atoms with E-state index in [9.17, 15) is 4.79 Å². The normalized spacial score (nSPS) is 28.2. The van der Waals surface area contributed by atoms with E-state index < -0.39 is 6.16 Å². The topological polar surface area (TPSA) is 35.5 Å². The number of hydrogen-bond donors (Lipinski definition) is 0. The molecule has 0 radical (unpaired) electrons. The first-order valence-corrected chi connectivity index (χ1v) is 7.38. The molecule has 1 rings (SSSR count). The zero-order chi connectivity index (χ0) is 13.5. The van der Waals surface area contributed by atoms with Crippen molar-refractivity contribution in [2.75, 3.05) is 6.61 Å². The number of rotatable bonds is 5. The molecule has 18 heavy (non-hydrogen) atoms. The zero-order valence-corrected chi connectivity index (χ0v) is 12.3. The van der Waals surface area contributed by atoms with E-state index in [1.54, 1.807) is 0 Å². The highest BCUT2D eigenvalue weighted by Crippen LogP contribution is 2.35. The SMILES string of the molecule is CCCCOC(=O)O[C@@H]1C[C@H](C)CCC1C(C)C. The van der Waals surface area contributed by atoms with E-state index in [1.807, 2.05) is 0 Å². The molecule has 0 bridgehead atoms. The summed E-state index contributed by atoms with van der Waals surface area (Å²) < 4.78 is 10.6. The molecule has 0 heterocycles. The van der Waals surface area contributed by atoms with Crippen molar-refractivity contribution >= 4 is 6.16 Å². The predicted molar refractivity (Wildman–Crippen MR) is 72.5 cm³/mol. The Morgan fingerprint density at radius 1 is 1.33 bits per heavy atom. The zero-order valence-electron chi connectivity index (χ0n) is 12.3. The standard InChI is InChI=1S/C15H28O3/c1-5-6-9-17-15(16)18-14-10-12(4)7-8-13(14)11(2)3/h11-14H,5-10H2,1-4H3/t12-,13?,14-/m1/s1. The summed E-state index contributed by atoms with van der Waals surface area (Å²) in [5.41, 5.74) is 0. The van der Waals surface area contributed by atoms with Crippen molar-refractivity contribution in [3.8, 4) is 0 Å². The maximum atomic E-state index is 11.6. The first-order valence-electron chi connectivity index (χ1n) is 7.38. The highest BCUT2D eigenvalue weighted by atomic mass is 16.7. The van der Waals surface area contributed by atoms with Crippen molar-refractivity contribution in [3.05, 3.63) is 0 Å². The second-order valence-electron chi connectivity index (χ2n) is 5.93. The molecule has 0 amide bonds. The van der Waals surface area contributed by atoms with E-state index in [-0.39, 0.29) is 6.10 Å². The molecule has 0 aromatic carbocycles. The minimum atomic E-state index is -0.479. The Bertz CT molecular complexity index is 250. The van der Waals surface area contributed by atoms with Gasteiger partial charge in [0, 0.05) is 0 Å². The Morgan fingerprint density at radius 2 is 2.06 bits per heavy atom. The quantitative estimate of drug-likeness (QED) is 0.540. The van der Waals surface area contributed by atoms with E-state index in [0.29, 0.717) is 24.4 Å². The summed E-state index contributed by atoms with van der Waals surface area (Å²) in [6, 6.07) is 0. The molecule has 0 spiro atoms. The van der Waals surface area contributed by atoms with E-state index in [1.165, 1.54) is 6.42 Å². The number of ether oxygens (including phenoxy) is 2. The number of hydrogen-bond acceptors (Lipinski definition) is 3. The van der Waals surface area contributed by atoms with Crippen molar-refractivity contribution in [1.29, 1.82) is 0 Å². The van der Waals surface area contributed by atoms with Crippen LogP contribution in [0.3, 0.4) is 0 Å². The van der Waals surface area contributed by atoms with Crippen molar-refractivity contribution in [1.82, 2.24) is 0 Å². The van der Waals surface area contributed by atoms with E-state index >= 15 is 0 Å². The third-order valence-corrected chi connectivity index (χ3v) is 3.93. The molecule has 1 aliphatic rings. The first kappa shape index (κ1) is 15.3. The van der Waals surface area contributed by atoms with Crippen LogP contribution in [-0.2, 0) is 9.47 Å². The first-order chi connectivity index (χ1) is 8.54. The molecular weight excluding hydrogens is 228 g/mol. The molecule has 1 aliphatic carbocycles. The van der Waals surface area contributed by atoms with Gasteiger partial charge in [-0.05, 0) is 37.0 Å². The van der Waals surface area contributed by atoms with Crippen LogP contribution in [0.25, 0.3) is 0 Å². The van der Waals surface area contributed by atoms with Crippen LogP contribution >= 0.6 is 0 Å². The molecule has 0 aromatic rings. The summed E-state index contributed by atoms with van der Waals surface area (Å²) in [4.78, 5) is 11.6. The summed E-state index contributed by atoms with van der Waals surface area (Å²) in [7, 11) is 0. The van der Waals surface area contributed by atoms with Gasteiger partial charge in [-0.15, -0.1) is 0 Å². The average Bonchev–Trinajstić information content (AvgIpc) is 2.29. The van der Waals surface area contributed by atoms with Crippen LogP contribution in [0.4, 0.5) is 4.79 Å². The van der Waals surface area contributed by atoms with Gasteiger partial charge >= 0.3 is 6.16 Å². The van der Waals surface area contributed by atoms with Crippen molar-refractivity contribution in [2.45, 2.75) is 65.9 Å². The Labute approximate surface area is 111 Å². The monoisotopic (exact) mass is 256 g/mol. The van der Waals surface area contributed by atoms with Gasteiger partial charge in [-0.1, -0.05) is 40.5 Å². The van der Waals surface area contributed by atoms with Gasteiger partial charge in [0.05, 0.1) is 6.61 Å². The molecule has 0 saturated heterocycles. The lowest BCUT2D eigenvalue weighted by Gasteiger charge is -2.36. The molecular formula is C15H28O3. The molecule has 3 atom stereocenters. The molecule has 3 nitrogen and oxygen atoms in total. The molecule has 0 aliphatic heterocycles. The molecule has 3 heteroatoms. The van der Waals surface area contributed by atoms with Gasteiger partial charge < -0.3 is 9.47 Å². The second kappa shape index (κ2) is 7.65. The summed E-state index contributed by atoms with van der Waals surface area (Å²) in [5.74, 6) is 1.69. The van der Waals surface area contributed by atoms with Crippen LogP contribution in [0.2, 0.25) is 0 Å². The molecule has 1 saturated carbocycles. The van der Waals surface area contributed by atoms with Gasteiger partial charge in [0.25, 0.3) is 0 Å². The van der Waals surface area contributed by atoms with E-state index in [2.05, 4.69) is 27.7 Å². The van der Waals surface area contributed by atoms with Crippen molar-refractivity contribution in [3.63, 3.8) is 0 Å². The fourth-order valence-electron chi connectivity index (χ4n) is 2.71. The Hall–Kier alpha value is -0.730. The van der Waals surface area contributed by atoms with Crippen LogP contribution < -0.4 is 0 Å². The second-order valence-corrected chi connectivity index (χ2v) is 5.93. The summed E-state index contributed by atoms with van der Waals surface area (Å²) in [5, 5.41) is 0. The summed E-state index contributed by atoms with van der Waals surface area (Å²) >= 11 is 0. The van der Waals surface area contributed by atoms with E-state index in [0.717, 1.165) is 25.7 Å². The number of carbonyl (C=O) groups excluding carboxylic acids is 1. The minimum absolute atomic E-state index is 0.0443. The van der Waals surface area contributed by atoms with Crippen LogP contribution in [0.15, 0.2) is 0 Å². The third kappa shape index (κ3) is 4.87. The van der Waals surface area contributed by atoms with Gasteiger partial charge in [-0.3, -0.25) is 0 Å². The average molecular weight is 256 g/mol. The minimum Gasteiger partial charge on any atom is -0.434 e. The maximum absolute atomic E-state index is 11.6. The van der Waals surface area contributed by atoms with Crippen LogP contribution in [-0.4, -0.2) is 18.9 Å². The highest BCUT2D eigenvalue weighted by molar-refractivity contribution is 5.60.